The van der Waals surface area contributed by atoms with Crippen LogP contribution in [0.25, 0.3) is 0 Å². The number of anilines is 2. The first-order valence-corrected chi connectivity index (χ1v) is 6.88. The number of rotatable bonds is 3. The van der Waals surface area contributed by atoms with Crippen molar-refractivity contribution in [3.63, 3.8) is 0 Å². The third kappa shape index (κ3) is 2.61. The van der Waals surface area contributed by atoms with Crippen molar-refractivity contribution < 1.29 is 4.79 Å². The van der Waals surface area contributed by atoms with Gasteiger partial charge in [0, 0.05) is 17.9 Å². The number of carbonyl (C=O) groups is 1. The number of nitriles is 1. The van der Waals surface area contributed by atoms with Crippen LogP contribution in [0.5, 0.6) is 0 Å². The molecular formula is C16H16N4O. The molecule has 1 aromatic carbocycles. The Bertz CT molecular complexity index is 750. The number of hydrogen-bond donors (Lipinski definition) is 2. The number of carbonyl (C=O) groups excluding carboxylic acids is 1. The lowest BCUT2D eigenvalue weighted by Gasteiger charge is -2.10. The Balaban J connectivity index is 1.88. The summed E-state index contributed by atoms with van der Waals surface area (Å²) in [6.45, 7) is 1.89. The molecule has 2 aromatic rings. The molecule has 106 valence electrons. The predicted molar refractivity (Wildman–Crippen MR) is 81.0 cm³/mol. The molecule has 1 heterocycles. The van der Waals surface area contributed by atoms with E-state index in [1.807, 2.05) is 23.8 Å². The maximum absolute atomic E-state index is 12.5. The average molecular weight is 280 g/mol. The van der Waals surface area contributed by atoms with Crippen molar-refractivity contribution in [2.45, 2.75) is 25.8 Å². The van der Waals surface area contributed by atoms with Gasteiger partial charge in [-0.3, -0.25) is 4.79 Å². The van der Waals surface area contributed by atoms with E-state index in [-0.39, 0.29) is 5.91 Å². The van der Waals surface area contributed by atoms with E-state index >= 15 is 0 Å². The first kappa shape index (κ1) is 13.3. The van der Waals surface area contributed by atoms with Crippen molar-refractivity contribution in [3.05, 3.63) is 47.3 Å². The van der Waals surface area contributed by atoms with Gasteiger partial charge in [-0.05, 0) is 43.5 Å². The zero-order valence-corrected chi connectivity index (χ0v) is 11.8. The maximum atomic E-state index is 12.5. The van der Waals surface area contributed by atoms with Gasteiger partial charge in [0.25, 0.3) is 5.91 Å². The van der Waals surface area contributed by atoms with Crippen LogP contribution in [0.3, 0.4) is 0 Å². The monoisotopic (exact) mass is 280 g/mol. The summed E-state index contributed by atoms with van der Waals surface area (Å²) < 4.78 is 1.94. The molecular weight excluding hydrogens is 264 g/mol. The third-order valence-electron chi connectivity index (χ3n) is 3.66. The molecule has 0 radical (unpaired) electrons. The Labute approximate surface area is 123 Å². The number of amides is 1. The molecule has 3 N–H and O–H groups in total. The second-order valence-electron chi connectivity index (χ2n) is 5.39. The maximum Gasteiger partial charge on any atom is 0.272 e. The highest BCUT2D eigenvalue weighted by Gasteiger charge is 2.27. The Hall–Kier alpha value is -2.74. The number of aryl methyl sites for hydroxylation is 1. The van der Waals surface area contributed by atoms with Gasteiger partial charge in [0.2, 0.25) is 0 Å². The summed E-state index contributed by atoms with van der Waals surface area (Å²) in [5, 5.41) is 11.8. The number of benzene rings is 1. The lowest BCUT2D eigenvalue weighted by atomic mass is 10.1. The van der Waals surface area contributed by atoms with Crippen molar-refractivity contribution in [3.8, 4) is 6.07 Å². The van der Waals surface area contributed by atoms with Gasteiger partial charge in [-0.2, -0.15) is 5.26 Å². The van der Waals surface area contributed by atoms with Crippen molar-refractivity contribution in [2.75, 3.05) is 11.1 Å². The lowest BCUT2D eigenvalue weighted by Crippen LogP contribution is -2.17. The average Bonchev–Trinajstić information content (AvgIpc) is 3.23. The molecule has 0 saturated heterocycles. The molecule has 21 heavy (non-hydrogen) atoms. The van der Waals surface area contributed by atoms with Gasteiger partial charge in [0.1, 0.15) is 5.69 Å². The van der Waals surface area contributed by atoms with E-state index in [1.54, 1.807) is 18.2 Å². The van der Waals surface area contributed by atoms with Gasteiger partial charge in [-0.15, -0.1) is 0 Å². The lowest BCUT2D eigenvalue weighted by molar-refractivity contribution is 0.101. The van der Waals surface area contributed by atoms with E-state index < -0.39 is 0 Å². The predicted octanol–water partition coefficient (Wildman–Crippen LogP) is 2.84. The van der Waals surface area contributed by atoms with E-state index in [4.69, 9.17) is 11.0 Å². The number of nitrogen functional groups attached to an aromatic ring is 1. The molecule has 5 nitrogen and oxygen atoms in total. The standard InChI is InChI=1S/C16H16N4O/c1-10-2-3-11(8-17)6-14(10)19-16(21)15-7-12(18)9-20(15)13-4-5-13/h2-3,6-7,9,13H,4-5,18H2,1H3,(H,19,21). The highest BCUT2D eigenvalue weighted by Crippen LogP contribution is 2.37. The van der Waals surface area contributed by atoms with Crippen LogP contribution in [0.1, 0.15) is 40.5 Å². The van der Waals surface area contributed by atoms with Crippen LogP contribution < -0.4 is 11.1 Å². The fourth-order valence-corrected chi connectivity index (χ4v) is 2.35. The van der Waals surface area contributed by atoms with Crippen LogP contribution in [-0.4, -0.2) is 10.5 Å². The van der Waals surface area contributed by atoms with Crippen LogP contribution in [0.15, 0.2) is 30.5 Å². The van der Waals surface area contributed by atoms with E-state index in [2.05, 4.69) is 11.4 Å². The van der Waals surface area contributed by atoms with Crippen LogP contribution in [0.2, 0.25) is 0 Å². The molecule has 0 atom stereocenters. The second kappa shape index (κ2) is 4.98. The second-order valence-corrected chi connectivity index (χ2v) is 5.39. The van der Waals surface area contributed by atoms with E-state index in [9.17, 15) is 4.79 Å². The minimum absolute atomic E-state index is 0.197. The molecule has 3 rings (SSSR count). The van der Waals surface area contributed by atoms with E-state index in [1.165, 1.54) is 0 Å². The quantitative estimate of drug-likeness (QED) is 0.906. The summed E-state index contributed by atoms with van der Waals surface area (Å²) in [5.41, 5.74) is 9.06. The molecule has 1 saturated carbocycles. The summed E-state index contributed by atoms with van der Waals surface area (Å²) in [6.07, 6.45) is 3.97. The highest BCUT2D eigenvalue weighted by molar-refractivity contribution is 6.04. The van der Waals surface area contributed by atoms with Gasteiger partial charge in [-0.25, -0.2) is 0 Å². The Morgan fingerprint density at radius 2 is 2.19 bits per heavy atom. The van der Waals surface area contributed by atoms with Crippen LogP contribution in [0, 0.1) is 18.3 Å². The Morgan fingerprint density at radius 3 is 2.86 bits per heavy atom. The molecule has 5 heteroatoms. The molecule has 1 aromatic heterocycles. The fraction of sp³-hybridized carbons (Fsp3) is 0.250. The highest BCUT2D eigenvalue weighted by atomic mass is 16.2. The van der Waals surface area contributed by atoms with Gasteiger partial charge >= 0.3 is 0 Å². The minimum Gasteiger partial charge on any atom is -0.397 e. The SMILES string of the molecule is Cc1ccc(C#N)cc1NC(=O)c1cc(N)cn1C1CC1. The molecule has 1 fully saturated rings. The van der Waals surface area contributed by atoms with Crippen LogP contribution >= 0.6 is 0 Å². The zero-order chi connectivity index (χ0) is 15.0. The number of nitrogens with zero attached hydrogens (tertiary/aromatic N) is 2. The number of aromatic nitrogens is 1. The minimum atomic E-state index is -0.197. The molecule has 0 aliphatic heterocycles. The number of nitrogens with two attached hydrogens (primary N) is 1. The van der Waals surface area contributed by atoms with E-state index in [0.717, 1.165) is 18.4 Å². The first-order chi connectivity index (χ1) is 10.1. The summed E-state index contributed by atoms with van der Waals surface area (Å²) >= 11 is 0. The molecule has 0 bridgehead atoms. The molecule has 1 aliphatic carbocycles. The smallest absolute Gasteiger partial charge is 0.272 e. The normalized spacial score (nSPS) is 13.7. The van der Waals surface area contributed by atoms with Gasteiger partial charge in [0.05, 0.1) is 17.3 Å². The van der Waals surface area contributed by atoms with Crippen molar-refractivity contribution in [1.82, 2.24) is 4.57 Å². The van der Waals surface area contributed by atoms with Crippen LogP contribution in [-0.2, 0) is 0 Å². The summed E-state index contributed by atoms with van der Waals surface area (Å²) in [5.74, 6) is -0.197. The Kier molecular flexibility index (Phi) is 3.15. The topological polar surface area (TPSA) is 83.8 Å². The van der Waals surface area contributed by atoms with Gasteiger partial charge in [-0.1, -0.05) is 6.07 Å². The molecule has 1 aliphatic rings. The van der Waals surface area contributed by atoms with Crippen molar-refractivity contribution in [2.24, 2.45) is 0 Å². The zero-order valence-electron chi connectivity index (χ0n) is 11.8. The third-order valence-corrected chi connectivity index (χ3v) is 3.66. The number of nitrogens with one attached hydrogen (secondary N) is 1. The van der Waals surface area contributed by atoms with Gasteiger partial charge in [0.15, 0.2) is 0 Å². The fourth-order valence-electron chi connectivity index (χ4n) is 2.35. The molecule has 1 amide bonds. The molecule has 0 spiro atoms. The van der Waals surface area contributed by atoms with E-state index in [0.29, 0.717) is 28.7 Å². The summed E-state index contributed by atoms with van der Waals surface area (Å²) in [7, 11) is 0. The number of hydrogen-bond acceptors (Lipinski definition) is 3. The van der Waals surface area contributed by atoms with Crippen molar-refractivity contribution >= 4 is 17.3 Å². The first-order valence-electron chi connectivity index (χ1n) is 6.88. The Morgan fingerprint density at radius 1 is 1.43 bits per heavy atom. The van der Waals surface area contributed by atoms with Crippen LogP contribution in [0.4, 0.5) is 11.4 Å². The summed E-state index contributed by atoms with van der Waals surface area (Å²) in [6, 6.07) is 9.39. The molecule has 0 unspecified atom stereocenters. The van der Waals surface area contributed by atoms with Crippen molar-refractivity contribution in [1.29, 1.82) is 5.26 Å². The van der Waals surface area contributed by atoms with Gasteiger partial charge < -0.3 is 15.6 Å². The largest absolute Gasteiger partial charge is 0.397 e. The summed E-state index contributed by atoms with van der Waals surface area (Å²) in [4.78, 5) is 12.5.